The molecular weight excluding hydrogens is 182 g/mol. The van der Waals surface area contributed by atoms with Crippen molar-refractivity contribution in [1.29, 1.82) is 0 Å². The average Bonchev–Trinajstić information content (AvgIpc) is 2.20. The molecule has 0 aromatic heterocycles. The minimum absolute atomic E-state index is 0.0331. The maximum Gasteiger partial charge on any atom is 0.220 e. The Hall–Kier alpha value is -0.610. The topological polar surface area (TPSA) is 58.6 Å². The van der Waals surface area contributed by atoms with Gasteiger partial charge in [-0.1, -0.05) is 0 Å². The molecule has 14 heavy (non-hydrogen) atoms. The van der Waals surface area contributed by atoms with Crippen molar-refractivity contribution in [1.82, 2.24) is 5.32 Å². The van der Waals surface area contributed by atoms with Crippen LogP contribution < -0.4 is 5.32 Å². The van der Waals surface area contributed by atoms with Crippen LogP contribution in [0.3, 0.4) is 0 Å². The molecule has 84 valence electrons. The van der Waals surface area contributed by atoms with Crippen LogP contribution in [0.1, 0.15) is 32.1 Å². The molecule has 0 aliphatic rings. The number of rotatable bonds is 9. The molecule has 0 aromatic rings. The first kappa shape index (κ1) is 13.4. The molecule has 0 aromatic carbocycles. The van der Waals surface area contributed by atoms with E-state index in [1.54, 1.807) is 7.11 Å². The van der Waals surface area contributed by atoms with E-state index in [2.05, 4.69) is 5.32 Å². The first-order valence-electron chi connectivity index (χ1n) is 5.17. The lowest BCUT2D eigenvalue weighted by Gasteiger charge is -2.04. The summed E-state index contributed by atoms with van der Waals surface area (Å²) >= 11 is 0. The Bertz CT molecular complexity index is 139. The fourth-order valence-electron chi connectivity index (χ4n) is 1.10. The number of carbonyl (C=O) groups excluding carboxylic acids is 1. The lowest BCUT2D eigenvalue weighted by atomic mass is 10.2. The average molecular weight is 203 g/mol. The zero-order chi connectivity index (χ0) is 10.6. The molecule has 0 saturated carbocycles. The van der Waals surface area contributed by atoms with E-state index in [0.29, 0.717) is 12.8 Å². The summed E-state index contributed by atoms with van der Waals surface area (Å²) in [5.41, 5.74) is 0. The van der Waals surface area contributed by atoms with Crippen LogP contribution in [0.2, 0.25) is 0 Å². The molecule has 4 heteroatoms. The van der Waals surface area contributed by atoms with Crippen molar-refractivity contribution in [2.24, 2.45) is 0 Å². The molecule has 0 unspecified atom stereocenters. The summed E-state index contributed by atoms with van der Waals surface area (Å²) in [5, 5.41) is 11.3. The van der Waals surface area contributed by atoms with Gasteiger partial charge in [-0.15, -0.1) is 0 Å². The van der Waals surface area contributed by atoms with Crippen molar-refractivity contribution in [3.05, 3.63) is 0 Å². The van der Waals surface area contributed by atoms with Crippen molar-refractivity contribution in [3.8, 4) is 0 Å². The van der Waals surface area contributed by atoms with E-state index >= 15 is 0 Å². The van der Waals surface area contributed by atoms with Gasteiger partial charge in [-0.2, -0.15) is 0 Å². The third kappa shape index (κ3) is 9.48. The minimum atomic E-state index is 0.0331. The normalized spacial score (nSPS) is 10.1. The summed E-state index contributed by atoms with van der Waals surface area (Å²) in [6, 6.07) is 0. The third-order valence-corrected chi connectivity index (χ3v) is 1.91. The Morgan fingerprint density at radius 1 is 1.29 bits per heavy atom. The summed E-state index contributed by atoms with van der Waals surface area (Å²) in [4.78, 5) is 11.0. The van der Waals surface area contributed by atoms with Gasteiger partial charge in [0.2, 0.25) is 5.91 Å². The number of hydrogen-bond donors (Lipinski definition) is 2. The smallest absolute Gasteiger partial charge is 0.220 e. The Morgan fingerprint density at radius 3 is 2.71 bits per heavy atom. The molecule has 4 nitrogen and oxygen atoms in total. The van der Waals surface area contributed by atoms with Crippen LogP contribution in [0, 0.1) is 0 Å². The lowest BCUT2D eigenvalue weighted by molar-refractivity contribution is -0.121. The maximum absolute atomic E-state index is 11.0. The summed E-state index contributed by atoms with van der Waals surface area (Å²) in [5.74, 6) is 0.0331. The van der Waals surface area contributed by atoms with E-state index in [9.17, 15) is 4.79 Å². The van der Waals surface area contributed by atoms with Crippen LogP contribution >= 0.6 is 0 Å². The number of methoxy groups -OCH3 is 1. The van der Waals surface area contributed by atoms with Crippen LogP contribution in [0.5, 0.6) is 0 Å². The second-order valence-corrected chi connectivity index (χ2v) is 3.23. The van der Waals surface area contributed by atoms with Gasteiger partial charge in [0.15, 0.2) is 0 Å². The Kier molecular flexibility index (Phi) is 10.0. The van der Waals surface area contributed by atoms with Crippen molar-refractivity contribution in [2.45, 2.75) is 32.1 Å². The van der Waals surface area contributed by atoms with Crippen molar-refractivity contribution >= 4 is 5.91 Å². The predicted octanol–water partition coefficient (Wildman–Crippen LogP) is 0.692. The van der Waals surface area contributed by atoms with E-state index in [0.717, 1.165) is 32.4 Å². The van der Waals surface area contributed by atoms with E-state index in [1.807, 2.05) is 0 Å². The summed E-state index contributed by atoms with van der Waals surface area (Å²) in [7, 11) is 1.69. The number of unbranched alkanes of at least 4 members (excludes halogenated alkanes) is 2. The number of nitrogens with one attached hydrogen (secondary N) is 1. The van der Waals surface area contributed by atoms with E-state index < -0.39 is 0 Å². The van der Waals surface area contributed by atoms with Gasteiger partial charge in [0.1, 0.15) is 0 Å². The Morgan fingerprint density at radius 2 is 2.07 bits per heavy atom. The minimum Gasteiger partial charge on any atom is -0.396 e. The van der Waals surface area contributed by atoms with Crippen LogP contribution in [0.25, 0.3) is 0 Å². The van der Waals surface area contributed by atoms with Crippen molar-refractivity contribution in [2.75, 3.05) is 26.9 Å². The van der Waals surface area contributed by atoms with Crippen molar-refractivity contribution in [3.63, 3.8) is 0 Å². The first-order chi connectivity index (χ1) is 6.81. The maximum atomic E-state index is 11.0. The van der Waals surface area contributed by atoms with E-state index in [4.69, 9.17) is 9.84 Å². The van der Waals surface area contributed by atoms with Crippen molar-refractivity contribution < 1.29 is 14.6 Å². The molecule has 0 fully saturated rings. The second kappa shape index (κ2) is 10.5. The molecule has 0 atom stereocenters. The molecule has 0 saturated heterocycles. The van der Waals surface area contributed by atoms with Gasteiger partial charge in [0.25, 0.3) is 0 Å². The molecule has 0 bridgehead atoms. The van der Waals surface area contributed by atoms with Gasteiger partial charge in [-0.05, 0) is 25.7 Å². The molecule has 0 aliphatic heterocycles. The molecule has 0 heterocycles. The Balaban J connectivity index is 3.07. The zero-order valence-corrected chi connectivity index (χ0v) is 8.92. The highest BCUT2D eigenvalue weighted by molar-refractivity contribution is 5.75. The SMILES string of the molecule is COCCCCCNC(=O)CCCO. The molecule has 2 N–H and O–H groups in total. The largest absolute Gasteiger partial charge is 0.396 e. The van der Waals surface area contributed by atoms with E-state index in [1.165, 1.54) is 0 Å². The van der Waals surface area contributed by atoms with E-state index in [-0.39, 0.29) is 12.5 Å². The number of aliphatic hydroxyl groups is 1. The molecule has 0 radical (unpaired) electrons. The van der Waals surface area contributed by atoms with Gasteiger partial charge in [-0.3, -0.25) is 4.79 Å². The van der Waals surface area contributed by atoms with Crippen LogP contribution in [0.4, 0.5) is 0 Å². The molecule has 1 amide bonds. The molecule has 0 spiro atoms. The quantitative estimate of drug-likeness (QED) is 0.542. The highest BCUT2D eigenvalue weighted by Gasteiger charge is 1.98. The number of hydrogen-bond acceptors (Lipinski definition) is 3. The summed E-state index contributed by atoms with van der Waals surface area (Å²) in [6.07, 6.45) is 4.09. The fraction of sp³-hybridized carbons (Fsp3) is 0.900. The monoisotopic (exact) mass is 203 g/mol. The molecular formula is C10H21NO3. The number of aliphatic hydroxyl groups excluding tert-OH is 1. The fourth-order valence-corrected chi connectivity index (χ4v) is 1.10. The first-order valence-corrected chi connectivity index (χ1v) is 5.17. The predicted molar refractivity (Wildman–Crippen MR) is 55.1 cm³/mol. The van der Waals surface area contributed by atoms with Crippen LogP contribution in [-0.2, 0) is 9.53 Å². The van der Waals surface area contributed by atoms with Gasteiger partial charge in [-0.25, -0.2) is 0 Å². The molecule has 0 aliphatic carbocycles. The summed E-state index contributed by atoms with van der Waals surface area (Å²) in [6.45, 7) is 1.60. The summed E-state index contributed by atoms with van der Waals surface area (Å²) < 4.78 is 4.91. The number of ether oxygens (including phenoxy) is 1. The van der Waals surface area contributed by atoms with Gasteiger partial charge < -0.3 is 15.2 Å². The highest BCUT2D eigenvalue weighted by Crippen LogP contribution is 1.94. The highest BCUT2D eigenvalue weighted by atomic mass is 16.5. The van der Waals surface area contributed by atoms with Gasteiger partial charge >= 0.3 is 0 Å². The Labute approximate surface area is 85.6 Å². The lowest BCUT2D eigenvalue weighted by Crippen LogP contribution is -2.24. The second-order valence-electron chi connectivity index (χ2n) is 3.23. The number of amides is 1. The standard InChI is InChI=1S/C10H21NO3/c1-14-9-4-2-3-7-11-10(13)6-5-8-12/h12H,2-9H2,1H3,(H,11,13). The third-order valence-electron chi connectivity index (χ3n) is 1.91. The number of carbonyl (C=O) groups is 1. The van der Waals surface area contributed by atoms with Crippen LogP contribution in [-0.4, -0.2) is 37.9 Å². The molecule has 0 rings (SSSR count). The van der Waals surface area contributed by atoms with Gasteiger partial charge in [0, 0.05) is 33.3 Å². The van der Waals surface area contributed by atoms with Gasteiger partial charge in [0.05, 0.1) is 0 Å². The van der Waals surface area contributed by atoms with Crippen LogP contribution in [0.15, 0.2) is 0 Å². The zero-order valence-electron chi connectivity index (χ0n) is 8.92.